The number of hydrogen-bond donors (Lipinski definition) is 2. The van der Waals surface area contributed by atoms with Crippen molar-refractivity contribution in [2.24, 2.45) is 11.8 Å². The SMILES string of the molecule is C1=C(C2CCCCCCC2)C=C(NC2CCCCC2)C2CCCCCNC12. The highest BCUT2D eigenvalue weighted by atomic mass is 15.0. The lowest BCUT2D eigenvalue weighted by Crippen LogP contribution is -2.44. The molecule has 4 rings (SSSR count). The van der Waals surface area contributed by atoms with Crippen LogP contribution in [0.2, 0.25) is 0 Å². The van der Waals surface area contributed by atoms with Crippen molar-refractivity contribution in [1.29, 1.82) is 0 Å². The van der Waals surface area contributed by atoms with Crippen molar-refractivity contribution in [3.63, 3.8) is 0 Å². The molecule has 0 aromatic heterocycles. The minimum absolute atomic E-state index is 0.571. The van der Waals surface area contributed by atoms with Crippen molar-refractivity contribution >= 4 is 0 Å². The van der Waals surface area contributed by atoms with E-state index in [2.05, 4.69) is 22.8 Å². The van der Waals surface area contributed by atoms with E-state index in [1.165, 1.54) is 109 Å². The zero-order valence-electron chi connectivity index (χ0n) is 17.5. The van der Waals surface area contributed by atoms with Crippen molar-refractivity contribution in [3.05, 3.63) is 23.4 Å². The van der Waals surface area contributed by atoms with E-state index in [0.717, 1.165) is 12.0 Å². The second kappa shape index (κ2) is 10.1. The van der Waals surface area contributed by atoms with Crippen LogP contribution in [0, 0.1) is 11.8 Å². The fourth-order valence-electron chi connectivity index (χ4n) is 6.00. The highest BCUT2D eigenvalue weighted by Crippen LogP contribution is 2.36. The van der Waals surface area contributed by atoms with Gasteiger partial charge in [-0.2, -0.15) is 0 Å². The Balaban J connectivity index is 1.53. The van der Waals surface area contributed by atoms with Gasteiger partial charge in [-0.3, -0.25) is 0 Å². The minimum Gasteiger partial charge on any atom is -0.385 e. The molecule has 1 saturated heterocycles. The maximum Gasteiger partial charge on any atom is 0.0338 e. The quantitative estimate of drug-likeness (QED) is 0.614. The van der Waals surface area contributed by atoms with Gasteiger partial charge in [0.2, 0.25) is 0 Å². The molecular formula is C25H42N2. The molecule has 3 fully saturated rings. The number of hydrogen-bond acceptors (Lipinski definition) is 2. The topological polar surface area (TPSA) is 24.1 Å². The van der Waals surface area contributed by atoms with Crippen molar-refractivity contribution in [2.45, 2.75) is 115 Å². The van der Waals surface area contributed by atoms with Gasteiger partial charge < -0.3 is 10.6 Å². The summed E-state index contributed by atoms with van der Waals surface area (Å²) in [5.74, 6) is 1.49. The monoisotopic (exact) mass is 370 g/mol. The fraction of sp³-hybridized carbons (Fsp3) is 0.840. The first-order valence-electron chi connectivity index (χ1n) is 12.3. The molecule has 1 aliphatic heterocycles. The summed E-state index contributed by atoms with van der Waals surface area (Å²) in [7, 11) is 0. The molecule has 2 N–H and O–H groups in total. The average Bonchev–Trinajstić information content (AvgIpc) is 2.63. The van der Waals surface area contributed by atoms with Gasteiger partial charge in [-0.1, -0.05) is 70.3 Å². The first-order chi connectivity index (χ1) is 13.4. The third-order valence-electron chi connectivity index (χ3n) is 7.65. The number of rotatable bonds is 3. The van der Waals surface area contributed by atoms with Crippen LogP contribution in [0.4, 0.5) is 0 Å². The molecule has 0 spiro atoms. The van der Waals surface area contributed by atoms with E-state index in [1.807, 2.05) is 0 Å². The van der Waals surface area contributed by atoms with E-state index < -0.39 is 0 Å². The maximum atomic E-state index is 4.08. The van der Waals surface area contributed by atoms with E-state index in [9.17, 15) is 0 Å². The highest BCUT2D eigenvalue weighted by Gasteiger charge is 2.31. The third-order valence-corrected chi connectivity index (χ3v) is 7.65. The van der Waals surface area contributed by atoms with E-state index >= 15 is 0 Å². The molecule has 2 atom stereocenters. The summed E-state index contributed by atoms with van der Waals surface area (Å²) >= 11 is 0. The lowest BCUT2D eigenvalue weighted by Gasteiger charge is -2.38. The average molecular weight is 371 g/mol. The van der Waals surface area contributed by atoms with Gasteiger partial charge in [0.05, 0.1) is 0 Å². The van der Waals surface area contributed by atoms with Crippen molar-refractivity contribution in [2.75, 3.05) is 6.54 Å². The molecule has 1 heterocycles. The second-order valence-corrected chi connectivity index (χ2v) is 9.72. The summed E-state index contributed by atoms with van der Waals surface area (Å²) in [5, 5.41) is 8.01. The number of nitrogens with one attached hydrogen (secondary N) is 2. The summed E-state index contributed by atoms with van der Waals surface area (Å²) in [6, 6.07) is 1.30. The van der Waals surface area contributed by atoms with Crippen LogP contribution in [0.25, 0.3) is 0 Å². The Bertz CT molecular complexity index is 506. The van der Waals surface area contributed by atoms with Gasteiger partial charge in [0, 0.05) is 23.7 Å². The van der Waals surface area contributed by atoms with Crippen LogP contribution in [0.15, 0.2) is 23.4 Å². The zero-order valence-corrected chi connectivity index (χ0v) is 17.5. The van der Waals surface area contributed by atoms with Gasteiger partial charge in [0.15, 0.2) is 0 Å². The molecule has 27 heavy (non-hydrogen) atoms. The summed E-state index contributed by atoms with van der Waals surface area (Å²) in [4.78, 5) is 0. The van der Waals surface area contributed by atoms with Crippen LogP contribution in [-0.2, 0) is 0 Å². The Labute approximate surface area is 167 Å². The maximum absolute atomic E-state index is 4.08. The Morgan fingerprint density at radius 1 is 0.704 bits per heavy atom. The molecule has 2 unspecified atom stereocenters. The van der Waals surface area contributed by atoms with Gasteiger partial charge in [-0.25, -0.2) is 0 Å². The summed E-state index contributed by atoms with van der Waals surface area (Å²) < 4.78 is 0. The van der Waals surface area contributed by atoms with E-state index in [0.29, 0.717) is 12.0 Å². The van der Waals surface area contributed by atoms with Crippen molar-refractivity contribution < 1.29 is 0 Å². The summed E-state index contributed by atoms with van der Waals surface area (Å²) in [5.41, 5.74) is 3.27. The van der Waals surface area contributed by atoms with E-state index in [4.69, 9.17) is 0 Å². The Morgan fingerprint density at radius 2 is 1.33 bits per heavy atom. The Morgan fingerprint density at radius 3 is 2.15 bits per heavy atom. The van der Waals surface area contributed by atoms with Crippen molar-refractivity contribution in [1.82, 2.24) is 10.6 Å². The largest absolute Gasteiger partial charge is 0.385 e. The molecule has 0 aromatic rings. The first-order valence-corrected chi connectivity index (χ1v) is 12.3. The zero-order chi connectivity index (χ0) is 18.3. The molecule has 2 heteroatoms. The molecule has 0 radical (unpaired) electrons. The van der Waals surface area contributed by atoms with Crippen LogP contribution in [0.3, 0.4) is 0 Å². The van der Waals surface area contributed by atoms with Crippen LogP contribution < -0.4 is 10.6 Å². The van der Waals surface area contributed by atoms with Crippen LogP contribution >= 0.6 is 0 Å². The van der Waals surface area contributed by atoms with Crippen molar-refractivity contribution in [3.8, 4) is 0 Å². The van der Waals surface area contributed by atoms with Gasteiger partial charge in [0.25, 0.3) is 0 Å². The van der Waals surface area contributed by atoms with E-state index in [1.54, 1.807) is 11.3 Å². The predicted molar refractivity (Wildman–Crippen MR) is 116 cm³/mol. The Kier molecular flexibility index (Phi) is 7.34. The van der Waals surface area contributed by atoms with E-state index in [-0.39, 0.29) is 0 Å². The molecule has 0 amide bonds. The molecule has 0 bridgehead atoms. The number of fused-ring (bicyclic) bond motifs is 1. The van der Waals surface area contributed by atoms with Gasteiger partial charge in [-0.05, 0) is 62.6 Å². The van der Waals surface area contributed by atoms with Crippen LogP contribution in [0.5, 0.6) is 0 Å². The third kappa shape index (κ3) is 5.40. The summed E-state index contributed by atoms with van der Waals surface area (Å²) in [6.07, 6.45) is 27.9. The van der Waals surface area contributed by atoms with Crippen LogP contribution in [-0.4, -0.2) is 18.6 Å². The van der Waals surface area contributed by atoms with Gasteiger partial charge in [0.1, 0.15) is 0 Å². The number of allylic oxidation sites excluding steroid dienone is 2. The molecule has 0 aromatic carbocycles. The normalized spacial score (nSPS) is 32.1. The van der Waals surface area contributed by atoms with Gasteiger partial charge >= 0.3 is 0 Å². The molecule has 2 saturated carbocycles. The molecule has 4 aliphatic rings. The molecule has 152 valence electrons. The molecule has 2 nitrogen and oxygen atoms in total. The molecular weight excluding hydrogens is 328 g/mol. The van der Waals surface area contributed by atoms with Crippen LogP contribution in [0.1, 0.15) is 103 Å². The van der Waals surface area contributed by atoms with Gasteiger partial charge in [-0.15, -0.1) is 0 Å². The smallest absolute Gasteiger partial charge is 0.0338 e. The minimum atomic E-state index is 0.571. The lowest BCUT2D eigenvalue weighted by atomic mass is 9.77. The standard InChI is InChI=1S/C25H42N2/c1-2-6-12-20(13-7-3-1)21-18-24-23(16-10-5-11-17-26-24)25(19-21)27-22-14-8-4-9-15-22/h18-20,22-24,26-27H,1-17H2. The highest BCUT2D eigenvalue weighted by molar-refractivity contribution is 5.35. The molecule has 3 aliphatic carbocycles. The predicted octanol–water partition coefficient (Wildman–Crippen LogP) is 6.24. The Hall–Kier alpha value is -0.760. The first kappa shape index (κ1) is 19.6. The summed E-state index contributed by atoms with van der Waals surface area (Å²) in [6.45, 7) is 1.20. The lowest BCUT2D eigenvalue weighted by molar-refractivity contribution is 0.325. The second-order valence-electron chi connectivity index (χ2n) is 9.72. The fourth-order valence-corrected chi connectivity index (χ4v) is 6.00.